The SMILES string of the molecule is COc1cc(/C=C2/NC(=O)N(CC(=O)Nc3ccc(C)cc3)C2=O)cc(I)c1OCc1cccc2ccccc12. The Morgan fingerprint density at radius 2 is 1.77 bits per heavy atom. The lowest BCUT2D eigenvalue weighted by molar-refractivity contribution is -0.127. The van der Waals surface area contributed by atoms with Crippen molar-refractivity contribution in [3.05, 3.63) is 105 Å². The molecule has 0 aliphatic carbocycles. The maximum atomic E-state index is 13.0. The number of amides is 4. The van der Waals surface area contributed by atoms with Crippen LogP contribution in [0.15, 0.2) is 84.6 Å². The summed E-state index contributed by atoms with van der Waals surface area (Å²) < 4.78 is 12.6. The molecule has 40 heavy (non-hydrogen) atoms. The van der Waals surface area contributed by atoms with Crippen LogP contribution < -0.4 is 20.1 Å². The molecular formula is C31H26IN3O5. The summed E-state index contributed by atoms with van der Waals surface area (Å²) in [4.78, 5) is 38.8. The molecule has 0 radical (unpaired) electrons. The third-order valence-corrected chi connectivity index (χ3v) is 7.22. The van der Waals surface area contributed by atoms with E-state index in [0.29, 0.717) is 29.4 Å². The highest BCUT2D eigenvalue weighted by molar-refractivity contribution is 14.1. The zero-order chi connectivity index (χ0) is 28.2. The number of carbonyl (C=O) groups is 3. The van der Waals surface area contributed by atoms with Crippen molar-refractivity contribution in [1.82, 2.24) is 10.2 Å². The number of halogens is 1. The number of methoxy groups -OCH3 is 1. The van der Waals surface area contributed by atoms with Gasteiger partial charge < -0.3 is 20.1 Å². The van der Waals surface area contributed by atoms with E-state index in [1.54, 1.807) is 31.4 Å². The number of anilines is 1. The number of nitrogens with one attached hydrogen (secondary N) is 2. The lowest BCUT2D eigenvalue weighted by Crippen LogP contribution is -2.38. The van der Waals surface area contributed by atoms with Crippen LogP contribution >= 0.6 is 22.6 Å². The Hall–Kier alpha value is -4.38. The fourth-order valence-electron chi connectivity index (χ4n) is 4.39. The van der Waals surface area contributed by atoms with Crippen molar-refractivity contribution in [3.8, 4) is 11.5 Å². The number of nitrogens with zero attached hydrogens (tertiary/aromatic N) is 1. The molecule has 0 bridgehead atoms. The van der Waals surface area contributed by atoms with Gasteiger partial charge in [-0.25, -0.2) is 9.69 Å². The summed E-state index contributed by atoms with van der Waals surface area (Å²) in [6, 6.07) is 24.4. The van der Waals surface area contributed by atoms with Gasteiger partial charge in [0.2, 0.25) is 5.91 Å². The number of benzene rings is 4. The fraction of sp³-hybridized carbons (Fsp3) is 0.129. The summed E-state index contributed by atoms with van der Waals surface area (Å²) >= 11 is 2.15. The molecule has 4 aromatic carbocycles. The summed E-state index contributed by atoms with van der Waals surface area (Å²) in [6.45, 7) is 1.89. The van der Waals surface area contributed by atoms with Crippen molar-refractivity contribution in [3.63, 3.8) is 0 Å². The summed E-state index contributed by atoms with van der Waals surface area (Å²) in [5.41, 5.74) is 3.39. The second kappa shape index (κ2) is 11.8. The van der Waals surface area contributed by atoms with Gasteiger partial charge in [0.1, 0.15) is 18.8 Å². The summed E-state index contributed by atoms with van der Waals surface area (Å²) in [5, 5.41) is 7.51. The van der Waals surface area contributed by atoms with Gasteiger partial charge in [0.05, 0.1) is 10.7 Å². The summed E-state index contributed by atoms with van der Waals surface area (Å²) in [7, 11) is 1.55. The highest BCUT2D eigenvalue weighted by Crippen LogP contribution is 2.36. The van der Waals surface area contributed by atoms with E-state index in [-0.39, 0.29) is 5.70 Å². The van der Waals surface area contributed by atoms with E-state index < -0.39 is 24.4 Å². The summed E-state index contributed by atoms with van der Waals surface area (Å²) in [6.07, 6.45) is 1.55. The standard InChI is InChI=1S/C31H26IN3O5/c1-19-10-12-23(13-11-19)33-28(36)17-35-30(37)26(34-31(35)38)15-20-14-25(32)29(27(16-20)39-2)40-18-22-8-5-7-21-6-3-4-9-24(21)22/h3-16H,17-18H2,1-2H3,(H,33,36)(H,34,38)/b26-15+. The number of hydrogen-bond donors (Lipinski definition) is 2. The van der Waals surface area contributed by atoms with Crippen LogP contribution in [0.4, 0.5) is 10.5 Å². The van der Waals surface area contributed by atoms with Gasteiger partial charge in [-0.1, -0.05) is 60.2 Å². The molecular weight excluding hydrogens is 621 g/mol. The molecule has 1 fully saturated rings. The van der Waals surface area contributed by atoms with Gasteiger partial charge in [0.15, 0.2) is 11.5 Å². The fourth-order valence-corrected chi connectivity index (χ4v) is 5.18. The van der Waals surface area contributed by atoms with Crippen LogP contribution in [0, 0.1) is 10.5 Å². The Bertz CT molecular complexity index is 1640. The lowest BCUT2D eigenvalue weighted by Gasteiger charge is -2.15. The molecule has 0 aromatic heterocycles. The monoisotopic (exact) mass is 647 g/mol. The van der Waals surface area contributed by atoms with Crippen LogP contribution in [0.25, 0.3) is 16.8 Å². The van der Waals surface area contributed by atoms with Crippen LogP contribution in [0.1, 0.15) is 16.7 Å². The molecule has 4 amide bonds. The van der Waals surface area contributed by atoms with Crippen molar-refractivity contribution in [2.24, 2.45) is 0 Å². The van der Waals surface area contributed by atoms with Crippen LogP contribution in [0.5, 0.6) is 11.5 Å². The molecule has 1 saturated heterocycles. The molecule has 0 spiro atoms. The van der Waals surface area contributed by atoms with Gasteiger partial charge in [0.25, 0.3) is 5.91 Å². The molecule has 1 aliphatic rings. The Morgan fingerprint density at radius 3 is 2.55 bits per heavy atom. The van der Waals surface area contributed by atoms with E-state index in [4.69, 9.17) is 9.47 Å². The van der Waals surface area contributed by atoms with E-state index in [1.165, 1.54) is 0 Å². The van der Waals surface area contributed by atoms with Gasteiger partial charge in [-0.05, 0) is 81.8 Å². The number of ether oxygens (including phenoxy) is 2. The Balaban J connectivity index is 1.30. The van der Waals surface area contributed by atoms with Crippen LogP contribution in [-0.4, -0.2) is 36.4 Å². The molecule has 202 valence electrons. The van der Waals surface area contributed by atoms with E-state index in [2.05, 4.69) is 51.4 Å². The molecule has 2 N–H and O–H groups in total. The number of rotatable bonds is 8. The molecule has 5 rings (SSSR count). The molecule has 0 atom stereocenters. The van der Waals surface area contributed by atoms with Crippen molar-refractivity contribution < 1.29 is 23.9 Å². The predicted octanol–water partition coefficient (Wildman–Crippen LogP) is 5.87. The smallest absolute Gasteiger partial charge is 0.329 e. The van der Waals surface area contributed by atoms with Gasteiger partial charge in [-0.15, -0.1) is 0 Å². The molecule has 8 nitrogen and oxygen atoms in total. The van der Waals surface area contributed by atoms with Crippen molar-refractivity contribution in [1.29, 1.82) is 0 Å². The highest BCUT2D eigenvalue weighted by Gasteiger charge is 2.35. The topological polar surface area (TPSA) is 97.0 Å². The molecule has 1 aliphatic heterocycles. The van der Waals surface area contributed by atoms with E-state index >= 15 is 0 Å². The quantitative estimate of drug-likeness (QED) is 0.142. The third-order valence-electron chi connectivity index (χ3n) is 6.41. The molecule has 1 heterocycles. The van der Waals surface area contributed by atoms with Crippen molar-refractivity contribution in [2.45, 2.75) is 13.5 Å². The number of fused-ring (bicyclic) bond motifs is 1. The second-order valence-electron chi connectivity index (χ2n) is 9.25. The van der Waals surface area contributed by atoms with Crippen molar-refractivity contribution in [2.75, 3.05) is 19.0 Å². The number of carbonyl (C=O) groups excluding carboxylic acids is 3. The van der Waals surface area contributed by atoms with Crippen LogP contribution in [0.3, 0.4) is 0 Å². The zero-order valence-corrected chi connectivity index (χ0v) is 24.0. The van der Waals surface area contributed by atoms with Crippen LogP contribution in [0.2, 0.25) is 0 Å². The largest absolute Gasteiger partial charge is 0.493 e. The Kier molecular flexibility index (Phi) is 8.01. The van der Waals surface area contributed by atoms with E-state index in [0.717, 1.165) is 30.4 Å². The van der Waals surface area contributed by atoms with Crippen molar-refractivity contribution >= 4 is 63.0 Å². The maximum absolute atomic E-state index is 13.0. The minimum atomic E-state index is -0.660. The number of aryl methyl sites for hydroxylation is 1. The first-order chi connectivity index (χ1) is 19.3. The molecule has 4 aromatic rings. The first kappa shape index (κ1) is 27.2. The first-order valence-electron chi connectivity index (χ1n) is 12.5. The average molecular weight is 647 g/mol. The van der Waals surface area contributed by atoms with Gasteiger partial charge >= 0.3 is 6.03 Å². The van der Waals surface area contributed by atoms with Gasteiger partial charge in [0, 0.05) is 5.69 Å². The highest BCUT2D eigenvalue weighted by atomic mass is 127. The van der Waals surface area contributed by atoms with E-state index in [9.17, 15) is 14.4 Å². The third kappa shape index (κ3) is 5.94. The zero-order valence-electron chi connectivity index (χ0n) is 21.9. The van der Waals surface area contributed by atoms with Gasteiger partial charge in [-0.3, -0.25) is 9.59 Å². The number of imide groups is 1. The minimum absolute atomic E-state index is 0.0652. The lowest BCUT2D eigenvalue weighted by atomic mass is 10.1. The maximum Gasteiger partial charge on any atom is 0.329 e. The van der Waals surface area contributed by atoms with E-state index in [1.807, 2.05) is 49.4 Å². The normalized spacial score (nSPS) is 14.0. The predicted molar refractivity (Wildman–Crippen MR) is 162 cm³/mol. The van der Waals surface area contributed by atoms with Crippen LogP contribution in [-0.2, 0) is 16.2 Å². The molecule has 0 saturated carbocycles. The minimum Gasteiger partial charge on any atom is -0.493 e. The molecule has 0 unspecified atom stereocenters. The van der Waals surface area contributed by atoms with Gasteiger partial charge in [-0.2, -0.15) is 0 Å². The Morgan fingerprint density at radius 1 is 1.02 bits per heavy atom. The number of urea groups is 1. The first-order valence-corrected chi connectivity index (χ1v) is 13.6. The second-order valence-corrected chi connectivity index (χ2v) is 10.4. The Labute approximate surface area is 245 Å². The summed E-state index contributed by atoms with van der Waals surface area (Å²) in [5.74, 6) is 0.00583. The molecule has 9 heteroatoms. The average Bonchev–Trinajstić information content (AvgIpc) is 3.20. The number of hydrogen-bond acceptors (Lipinski definition) is 5.